The quantitative estimate of drug-likeness (QED) is 0.458. The summed E-state index contributed by atoms with van der Waals surface area (Å²) in [5.41, 5.74) is 2.85. The summed E-state index contributed by atoms with van der Waals surface area (Å²) in [6, 6.07) is 10.2. The maximum Gasteiger partial charge on any atom is 0.227 e. The van der Waals surface area contributed by atoms with Crippen LogP contribution in [0.25, 0.3) is 11.3 Å². The molecule has 1 N–H and O–H groups in total. The first-order valence-electron chi connectivity index (χ1n) is 13.4. The number of anilines is 2. The van der Waals surface area contributed by atoms with Crippen molar-refractivity contribution in [3.8, 4) is 11.3 Å². The number of oxazole rings is 1. The molecule has 4 heterocycles. The smallest absolute Gasteiger partial charge is 0.227 e. The van der Waals surface area contributed by atoms with Crippen molar-refractivity contribution in [2.24, 2.45) is 0 Å². The number of aryl methyl sites for hydroxylation is 2. The van der Waals surface area contributed by atoms with Crippen LogP contribution in [0.3, 0.4) is 0 Å². The Morgan fingerprint density at radius 3 is 2.63 bits per heavy atom. The third-order valence-electron chi connectivity index (χ3n) is 7.53. The minimum Gasteiger partial charge on any atom is -0.445 e. The molecule has 38 heavy (non-hydrogen) atoms. The van der Waals surface area contributed by atoms with Gasteiger partial charge in [0, 0.05) is 63.3 Å². The Morgan fingerprint density at radius 2 is 1.95 bits per heavy atom. The lowest BCUT2D eigenvalue weighted by atomic mass is 9.97. The monoisotopic (exact) mass is 536 g/mol. The Morgan fingerprint density at radius 1 is 1.21 bits per heavy atom. The van der Waals surface area contributed by atoms with Gasteiger partial charge in [0.2, 0.25) is 11.9 Å². The molecule has 2 aliphatic heterocycles. The van der Waals surface area contributed by atoms with E-state index < -0.39 is 10.8 Å². The highest BCUT2D eigenvalue weighted by molar-refractivity contribution is 7.85. The predicted octanol–water partition coefficient (Wildman–Crippen LogP) is 4.16. The second-order valence-corrected chi connectivity index (χ2v) is 11.7. The topological polar surface area (TPSA) is 104 Å². The molecule has 1 amide bonds. The number of nitrogens with one attached hydrogen (secondary N) is 1. The van der Waals surface area contributed by atoms with E-state index in [0.29, 0.717) is 30.5 Å². The molecule has 2 aromatic heterocycles. The number of likely N-dealkylation sites (N-methyl/N-ethyl adjacent to an activating group) is 1. The summed E-state index contributed by atoms with van der Waals surface area (Å²) in [6.45, 7) is 7.75. The molecular formula is C28H36N6O3S. The van der Waals surface area contributed by atoms with E-state index in [1.165, 1.54) is 0 Å². The Balaban J connectivity index is 1.32. The van der Waals surface area contributed by atoms with E-state index in [4.69, 9.17) is 19.4 Å². The van der Waals surface area contributed by atoms with Gasteiger partial charge in [0.05, 0.1) is 16.5 Å². The Bertz CT molecular complexity index is 1320. The second-order valence-electron chi connectivity index (χ2n) is 10.2. The van der Waals surface area contributed by atoms with Gasteiger partial charge in [0.1, 0.15) is 22.2 Å². The van der Waals surface area contributed by atoms with Gasteiger partial charge in [-0.25, -0.2) is 9.97 Å². The molecule has 1 fully saturated rings. The molecule has 1 unspecified atom stereocenters. The molecular weight excluding hydrogens is 500 g/mol. The number of nitrogens with zero attached hydrogens (tertiary/aromatic N) is 5. The molecule has 9 nitrogen and oxygen atoms in total. The summed E-state index contributed by atoms with van der Waals surface area (Å²) in [5.74, 6) is 3.79. The minimum absolute atomic E-state index is 0.00571. The molecule has 10 heteroatoms. The van der Waals surface area contributed by atoms with Crippen LogP contribution in [0.5, 0.6) is 0 Å². The van der Waals surface area contributed by atoms with Crippen LogP contribution < -0.4 is 10.2 Å². The van der Waals surface area contributed by atoms with E-state index in [0.717, 1.165) is 65.8 Å². The molecule has 0 spiro atoms. The Hall–Kier alpha value is -3.27. The van der Waals surface area contributed by atoms with Crippen LogP contribution in [0.15, 0.2) is 39.6 Å². The number of hydrogen-bond acceptors (Lipinski definition) is 8. The number of piperidine rings is 1. The lowest BCUT2D eigenvalue weighted by molar-refractivity contribution is -0.127. The van der Waals surface area contributed by atoms with Crippen molar-refractivity contribution in [2.75, 3.05) is 42.7 Å². The minimum atomic E-state index is -1.12. The maximum absolute atomic E-state index is 12.8. The average molecular weight is 537 g/mol. The molecule has 1 saturated heterocycles. The van der Waals surface area contributed by atoms with E-state index in [1.54, 1.807) is 18.9 Å². The van der Waals surface area contributed by atoms with Crippen LogP contribution in [0, 0.1) is 6.92 Å². The molecule has 2 aliphatic rings. The van der Waals surface area contributed by atoms with Crippen LogP contribution in [0.4, 0.5) is 11.8 Å². The van der Waals surface area contributed by atoms with Crippen LogP contribution in [0.2, 0.25) is 0 Å². The highest BCUT2D eigenvalue weighted by Gasteiger charge is 2.31. The van der Waals surface area contributed by atoms with Crippen molar-refractivity contribution in [3.05, 3.63) is 47.7 Å². The van der Waals surface area contributed by atoms with E-state index >= 15 is 0 Å². The number of fused-ring (bicyclic) bond motifs is 1. The van der Waals surface area contributed by atoms with Crippen LogP contribution in [-0.2, 0) is 22.0 Å². The number of amides is 1. The Labute approximate surface area is 226 Å². The third-order valence-corrected chi connectivity index (χ3v) is 8.99. The molecule has 2 atom stereocenters. The lowest BCUT2D eigenvalue weighted by Crippen LogP contribution is -2.37. The zero-order chi connectivity index (χ0) is 26.8. The van der Waals surface area contributed by atoms with Gasteiger partial charge in [-0.1, -0.05) is 37.3 Å². The van der Waals surface area contributed by atoms with Crippen molar-refractivity contribution in [1.82, 2.24) is 19.9 Å². The number of carbonyl (C=O) groups excluding carboxylic acids is 1. The van der Waals surface area contributed by atoms with E-state index in [1.807, 2.05) is 25.1 Å². The zero-order valence-electron chi connectivity index (χ0n) is 22.6. The largest absolute Gasteiger partial charge is 0.445 e. The van der Waals surface area contributed by atoms with E-state index in [2.05, 4.69) is 29.3 Å². The molecule has 5 rings (SSSR count). The second kappa shape index (κ2) is 11.2. The summed E-state index contributed by atoms with van der Waals surface area (Å²) < 4.78 is 18.9. The fourth-order valence-electron chi connectivity index (χ4n) is 5.13. The SMILES string of the molecule is CC[C@@H](CN(C)C(C)=O)Nc1nc(N2CCC(c3nc(-c4ccccc4)c(C)o3)CC2)nc2c1S(=O)CC2. The van der Waals surface area contributed by atoms with E-state index in [9.17, 15) is 9.00 Å². The van der Waals surface area contributed by atoms with Gasteiger partial charge in [-0.05, 0) is 26.2 Å². The summed E-state index contributed by atoms with van der Waals surface area (Å²) in [7, 11) is 0.678. The van der Waals surface area contributed by atoms with Crippen LogP contribution in [-0.4, -0.2) is 68.4 Å². The number of hydrogen-bond donors (Lipinski definition) is 1. The zero-order valence-corrected chi connectivity index (χ0v) is 23.4. The van der Waals surface area contributed by atoms with Gasteiger partial charge in [0.25, 0.3) is 0 Å². The van der Waals surface area contributed by atoms with Crippen molar-refractivity contribution < 1.29 is 13.4 Å². The first-order chi connectivity index (χ1) is 18.3. The van der Waals surface area contributed by atoms with Crippen molar-refractivity contribution in [1.29, 1.82) is 0 Å². The first-order valence-corrected chi connectivity index (χ1v) is 14.7. The molecule has 202 valence electrons. The summed E-state index contributed by atoms with van der Waals surface area (Å²) in [6.07, 6.45) is 3.28. The van der Waals surface area contributed by atoms with Gasteiger partial charge in [0.15, 0.2) is 5.89 Å². The molecule has 0 bridgehead atoms. The van der Waals surface area contributed by atoms with Gasteiger partial charge < -0.3 is 19.5 Å². The highest BCUT2D eigenvalue weighted by atomic mass is 32.2. The number of rotatable bonds is 8. The van der Waals surface area contributed by atoms with Crippen molar-refractivity contribution in [2.45, 2.75) is 63.3 Å². The lowest BCUT2D eigenvalue weighted by Gasteiger charge is -2.31. The fourth-order valence-corrected chi connectivity index (χ4v) is 6.45. The fraction of sp³-hybridized carbons (Fsp3) is 0.500. The molecule has 1 aromatic carbocycles. The summed E-state index contributed by atoms with van der Waals surface area (Å²) in [4.78, 5) is 31.0. The first kappa shape index (κ1) is 26.3. The molecule has 0 aliphatic carbocycles. The third kappa shape index (κ3) is 5.45. The highest BCUT2D eigenvalue weighted by Crippen LogP contribution is 2.35. The maximum atomic E-state index is 12.8. The van der Waals surface area contributed by atoms with E-state index in [-0.39, 0.29) is 17.9 Å². The van der Waals surface area contributed by atoms with Gasteiger partial charge in [-0.15, -0.1) is 0 Å². The number of aromatic nitrogens is 3. The normalized spacial score (nSPS) is 18.3. The van der Waals surface area contributed by atoms with Gasteiger partial charge in [-0.2, -0.15) is 4.98 Å². The molecule has 0 saturated carbocycles. The standard InChI is InChI=1S/C28H36N6O3S/c1-5-22(17-33(4)19(3)35)29-26-25-23(13-16-38(25)36)30-28(32-26)34-14-11-21(12-15-34)27-31-24(18(2)37-27)20-9-7-6-8-10-20/h6-10,21-22H,5,11-17H2,1-4H3,(H,29,30,32)/t22-,38?/m0/s1. The van der Waals surface area contributed by atoms with Crippen LogP contribution in [0.1, 0.15) is 56.4 Å². The summed E-state index contributed by atoms with van der Waals surface area (Å²) >= 11 is 0. The predicted molar refractivity (Wildman–Crippen MR) is 149 cm³/mol. The van der Waals surface area contributed by atoms with Crippen molar-refractivity contribution in [3.63, 3.8) is 0 Å². The molecule has 3 aromatic rings. The van der Waals surface area contributed by atoms with Gasteiger partial charge >= 0.3 is 0 Å². The van der Waals surface area contributed by atoms with Crippen LogP contribution >= 0.6 is 0 Å². The van der Waals surface area contributed by atoms with Crippen molar-refractivity contribution >= 4 is 28.5 Å². The summed E-state index contributed by atoms with van der Waals surface area (Å²) in [5, 5.41) is 3.49. The Kier molecular flexibility index (Phi) is 7.78. The average Bonchev–Trinajstić information content (AvgIpc) is 3.51. The molecule has 0 radical (unpaired) electrons. The number of carbonyl (C=O) groups is 1. The van der Waals surface area contributed by atoms with Gasteiger partial charge in [-0.3, -0.25) is 9.00 Å². The number of benzene rings is 1.